The van der Waals surface area contributed by atoms with Gasteiger partial charge in [-0.1, -0.05) is 6.07 Å². The molecular weight excluding hydrogens is 250 g/mol. The molecule has 1 aromatic carbocycles. The molecule has 0 spiro atoms. The number of rotatable bonds is 3. The van der Waals surface area contributed by atoms with Crippen LogP contribution < -0.4 is 10.5 Å². The fourth-order valence-electron chi connectivity index (χ4n) is 1.60. The molecule has 0 aliphatic heterocycles. The van der Waals surface area contributed by atoms with Gasteiger partial charge in [0.05, 0.1) is 5.69 Å². The molecule has 0 aliphatic carbocycles. The van der Waals surface area contributed by atoms with E-state index >= 15 is 0 Å². The highest BCUT2D eigenvalue weighted by molar-refractivity contribution is 7.92. The molecule has 0 amide bonds. The average molecular weight is 265 g/mol. The number of benzene rings is 1. The monoisotopic (exact) mass is 265 g/mol. The Morgan fingerprint density at radius 3 is 2.61 bits per heavy atom. The Morgan fingerprint density at radius 1 is 1.28 bits per heavy atom. The first-order valence-corrected chi connectivity index (χ1v) is 6.88. The summed E-state index contributed by atoms with van der Waals surface area (Å²) in [6, 6.07) is 6.68. The van der Waals surface area contributed by atoms with Gasteiger partial charge in [-0.15, -0.1) is 0 Å². The Bertz CT molecular complexity index is 674. The van der Waals surface area contributed by atoms with Crippen LogP contribution in [0.5, 0.6) is 0 Å². The Balaban J connectivity index is 2.37. The van der Waals surface area contributed by atoms with Crippen molar-refractivity contribution in [3.63, 3.8) is 0 Å². The highest BCUT2D eigenvalue weighted by atomic mass is 32.2. The molecule has 0 saturated carbocycles. The van der Waals surface area contributed by atoms with Gasteiger partial charge < -0.3 is 10.3 Å². The molecule has 18 heavy (non-hydrogen) atoms. The number of anilines is 2. The van der Waals surface area contributed by atoms with Gasteiger partial charge in [-0.05, 0) is 30.7 Å². The lowest BCUT2D eigenvalue weighted by molar-refractivity contribution is 0.601. The second kappa shape index (κ2) is 4.38. The number of nitrogen functional groups attached to an aromatic ring is 1. The zero-order valence-corrected chi connectivity index (χ0v) is 11.0. The summed E-state index contributed by atoms with van der Waals surface area (Å²) in [4.78, 5) is 0.229. The standard InChI is InChI=1S/C12H15N3O2S/c1-9-11(13)4-3-5-12(9)14-18(16,17)10-6-7-15(2)8-10/h3-8,14H,13H2,1-2H3. The van der Waals surface area contributed by atoms with Crippen molar-refractivity contribution in [1.29, 1.82) is 0 Å². The lowest BCUT2D eigenvalue weighted by Crippen LogP contribution is -2.13. The van der Waals surface area contributed by atoms with Crippen molar-refractivity contribution < 1.29 is 8.42 Å². The maximum absolute atomic E-state index is 12.1. The lowest BCUT2D eigenvalue weighted by atomic mass is 10.2. The normalized spacial score (nSPS) is 11.4. The van der Waals surface area contributed by atoms with E-state index in [1.165, 1.54) is 0 Å². The smallest absolute Gasteiger partial charge is 0.263 e. The summed E-state index contributed by atoms with van der Waals surface area (Å²) in [5, 5.41) is 0. The molecule has 0 bridgehead atoms. The molecule has 2 aromatic rings. The molecule has 1 aromatic heterocycles. The minimum Gasteiger partial charge on any atom is -0.398 e. The highest BCUT2D eigenvalue weighted by Crippen LogP contribution is 2.23. The Morgan fingerprint density at radius 2 is 2.00 bits per heavy atom. The zero-order chi connectivity index (χ0) is 13.3. The first-order chi connectivity index (χ1) is 8.40. The predicted octanol–water partition coefficient (Wildman–Crippen LogP) is 1.72. The summed E-state index contributed by atoms with van der Waals surface area (Å²) in [5.41, 5.74) is 7.52. The number of hydrogen-bond donors (Lipinski definition) is 2. The number of nitrogens with one attached hydrogen (secondary N) is 1. The summed E-state index contributed by atoms with van der Waals surface area (Å²) in [6.07, 6.45) is 3.23. The van der Waals surface area contributed by atoms with Gasteiger partial charge in [0.15, 0.2) is 0 Å². The van der Waals surface area contributed by atoms with Gasteiger partial charge >= 0.3 is 0 Å². The maximum Gasteiger partial charge on any atom is 0.263 e. The molecule has 0 atom stereocenters. The summed E-state index contributed by atoms with van der Waals surface area (Å²) in [5.74, 6) is 0. The first kappa shape index (κ1) is 12.5. The van der Waals surface area contributed by atoms with Crippen molar-refractivity contribution in [1.82, 2.24) is 4.57 Å². The van der Waals surface area contributed by atoms with Crippen molar-refractivity contribution in [3.8, 4) is 0 Å². The minimum atomic E-state index is -3.56. The Hall–Kier alpha value is -1.95. The third-order valence-corrected chi connectivity index (χ3v) is 4.09. The van der Waals surface area contributed by atoms with Crippen molar-refractivity contribution >= 4 is 21.4 Å². The zero-order valence-electron chi connectivity index (χ0n) is 10.2. The number of aromatic nitrogens is 1. The van der Waals surface area contributed by atoms with E-state index in [1.807, 2.05) is 0 Å². The molecule has 0 radical (unpaired) electrons. The van der Waals surface area contributed by atoms with Gasteiger partial charge in [-0.25, -0.2) is 8.42 Å². The number of nitrogens with zero attached hydrogens (tertiary/aromatic N) is 1. The van der Waals surface area contributed by atoms with E-state index in [0.717, 1.165) is 5.56 Å². The molecule has 0 saturated heterocycles. The van der Waals surface area contributed by atoms with Gasteiger partial charge in [0, 0.05) is 25.1 Å². The van der Waals surface area contributed by atoms with Gasteiger partial charge in [-0.2, -0.15) is 0 Å². The number of sulfonamides is 1. The van der Waals surface area contributed by atoms with E-state index < -0.39 is 10.0 Å². The number of nitrogens with two attached hydrogens (primary N) is 1. The fraction of sp³-hybridized carbons (Fsp3) is 0.167. The van der Waals surface area contributed by atoms with E-state index in [2.05, 4.69) is 4.72 Å². The second-order valence-corrected chi connectivity index (χ2v) is 5.82. The molecule has 2 rings (SSSR count). The van der Waals surface area contributed by atoms with E-state index in [-0.39, 0.29) is 4.90 Å². The van der Waals surface area contributed by atoms with Crippen molar-refractivity contribution in [3.05, 3.63) is 42.2 Å². The van der Waals surface area contributed by atoms with E-state index in [4.69, 9.17) is 5.73 Å². The molecule has 0 aliphatic rings. The molecule has 0 unspecified atom stereocenters. The van der Waals surface area contributed by atoms with Gasteiger partial charge in [0.1, 0.15) is 4.90 Å². The number of hydrogen-bond acceptors (Lipinski definition) is 3. The highest BCUT2D eigenvalue weighted by Gasteiger charge is 2.16. The molecule has 0 fully saturated rings. The van der Waals surface area contributed by atoms with Crippen LogP contribution in [0.3, 0.4) is 0 Å². The third kappa shape index (κ3) is 2.33. The molecule has 3 N–H and O–H groups in total. The third-order valence-electron chi connectivity index (χ3n) is 2.74. The van der Waals surface area contributed by atoms with E-state index in [9.17, 15) is 8.42 Å². The van der Waals surface area contributed by atoms with Crippen LogP contribution in [0.2, 0.25) is 0 Å². The average Bonchev–Trinajstić information content (AvgIpc) is 2.72. The van der Waals surface area contributed by atoms with Crippen LogP contribution in [0.4, 0.5) is 11.4 Å². The van der Waals surface area contributed by atoms with Crippen LogP contribution in [-0.4, -0.2) is 13.0 Å². The summed E-state index contributed by atoms with van der Waals surface area (Å²) < 4.78 is 28.4. The first-order valence-electron chi connectivity index (χ1n) is 5.40. The van der Waals surface area contributed by atoms with Crippen LogP contribution >= 0.6 is 0 Å². The SMILES string of the molecule is Cc1c(N)cccc1NS(=O)(=O)c1ccn(C)c1. The van der Waals surface area contributed by atoms with Crippen molar-refractivity contribution in [2.24, 2.45) is 7.05 Å². The fourth-order valence-corrected chi connectivity index (χ4v) is 2.78. The van der Waals surface area contributed by atoms with Crippen molar-refractivity contribution in [2.45, 2.75) is 11.8 Å². The van der Waals surface area contributed by atoms with E-state index in [1.54, 1.807) is 55.2 Å². The largest absolute Gasteiger partial charge is 0.398 e. The summed E-state index contributed by atoms with van der Waals surface area (Å²) >= 11 is 0. The quantitative estimate of drug-likeness (QED) is 0.829. The van der Waals surface area contributed by atoms with Gasteiger partial charge in [0.25, 0.3) is 10.0 Å². The van der Waals surface area contributed by atoms with Crippen molar-refractivity contribution in [2.75, 3.05) is 10.5 Å². The Kier molecular flexibility index (Phi) is 3.04. The predicted molar refractivity (Wildman–Crippen MR) is 71.8 cm³/mol. The van der Waals surface area contributed by atoms with Crippen LogP contribution in [0, 0.1) is 6.92 Å². The topological polar surface area (TPSA) is 77.1 Å². The molecule has 1 heterocycles. The van der Waals surface area contributed by atoms with Crippen LogP contribution in [0.1, 0.15) is 5.56 Å². The molecule has 5 nitrogen and oxygen atoms in total. The van der Waals surface area contributed by atoms with Crippen LogP contribution in [0.15, 0.2) is 41.6 Å². The second-order valence-electron chi connectivity index (χ2n) is 4.14. The van der Waals surface area contributed by atoms with E-state index in [0.29, 0.717) is 11.4 Å². The minimum absolute atomic E-state index is 0.229. The summed E-state index contributed by atoms with van der Waals surface area (Å²) in [6.45, 7) is 1.78. The Labute approximate surface area is 106 Å². The number of aryl methyl sites for hydroxylation is 1. The molecular formula is C12H15N3O2S. The maximum atomic E-state index is 12.1. The van der Waals surface area contributed by atoms with Crippen LogP contribution in [-0.2, 0) is 17.1 Å². The van der Waals surface area contributed by atoms with Crippen LogP contribution in [0.25, 0.3) is 0 Å². The molecule has 96 valence electrons. The lowest BCUT2D eigenvalue weighted by Gasteiger charge is -2.10. The molecule has 6 heteroatoms. The summed E-state index contributed by atoms with van der Waals surface area (Å²) in [7, 11) is -1.79. The van der Waals surface area contributed by atoms with Gasteiger partial charge in [0.2, 0.25) is 0 Å². The van der Waals surface area contributed by atoms with Gasteiger partial charge in [-0.3, -0.25) is 4.72 Å².